The first-order valence-electron chi connectivity index (χ1n) is 5.73. The van der Waals surface area contributed by atoms with Crippen molar-refractivity contribution in [1.82, 2.24) is 10.3 Å². The Bertz CT molecular complexity index is 392. The number of carbonyl (C=O) groups is 1. The molecule has 1 aromatic heterocycles. The summed E-state index contributed by atoms with van der Waals surface area (Å²) in [5.74, 6) is 0.548. The zero-order valence-corrected chi connectivity index (χ0v) is 11.1. The molecule has 2 rings (SSSR count). The fraction of sp³-hybridized carbons (Fsp3) is 0.500. The third kappa shape index (κ3) is 3.78. The van der Waals surface area contributed by atoms with Gasteiger partial charge in [0, 0.05) is 31.5 Å². The summed E-state index contributed by atoms with van der Waals surface area (Å²) in [7, 11) is 0. The Morgan fingerprint density at radius 3 is 3.24 bits per heavy atom. The van der Waals surface area contributed by atoms with Crippen LogP contribution in [0, 0.1) is 5.92 Å². The van der Waals surface area contributed by atoms with Crippen LogP contribution < -0.4 is 5.32 Å². The van der Waals surface area contributed by atoms with E-state index < -0.39 is 0 Å². The number of nitrogens with one attached hydrogen (secondary N) is 1. The molecule has 0 saturated carbocycles. The minimum atomic E-state index is -0.0491. The second kappa shape index (κ2) is 6.12. The van der Waals surface area contributed by atoms with Crippen molar-refractivity contribution in [2.24, 2.45) is 5.92 Å². The molecule has 1 aliphatic rings. The molecule has 1 saturated heterocycles. The van der Waals surface area contributed by atoms with Crippen molar-refractivity contribution in [3.05, 3.63) is 28.5 Å². The molecule has 1 atom stereocenters. The van der Waals surface area contributed by atoms with Crippen LogP contribution in [0.5, 0.6) is 0 Å². The lowest BCUT2D eigenvalue weighted by Gasteiger charge is -2.08. The Morgan fingerprint density at radius 2 is 2.53 bits per heavy atom. The number of carbonyl (C=O) groups excluding carboxylic acids is 1. The first-order valence-corrected chi connectivity index (χ1v) is 6.52. The smallest absolute Gasteiger partial charge is 0.251 e. The van der Waals surface area contributed by atoms with Gasteiger partial charge in [-0.2, -0.15) is 0 Å². The van der Waals surface area contributed by atoms with Gasteiger partial charge in [-0.05, 0) is 46.8 Å². The maximum absolute atomic E-state index is 11.8. The van der Waals surface area contributed by atoms with Gasteiger partial charge in [0.15, 0.2) is 0 Å². The molecule has 5 heteroatoms. The minimum Gasteiger partial charge on any atom is -0.381 e. The number of nitrogens with zero attached hydrogens (tertiary/aromatic N) is 1. The fourth-order valence-electron chi connectivity index (χ4n) is 1.85. The van der Waals surface area contributed by atoms with E-state index in [1.165, 1.54) is 0 Å². The molecule has 1 aliphatic heterocycles. The van der Waals surface area contributed by atoms with E-state index in [1.54, 1.807) is 18.3 Å². The van der Waals surface area contributed by atoms with E-state index in [0.29, 0.717) is 22.6 Å². The Hall–Kier alpha value is -0.940. The standard InChI is InChI=1S/C12H15BrN2O2/c13-11-7-10(2-5-14-11)12(16)15-4-1-9-3-6-17-8-9/h2,5,7,9H,1,3-4,6,8H2,(H,15,16). The third-order valence-corrected chi connectivity index (χ3v) is 3.28. The average molecular weight is 299 g/mol. The molecular formula is C12H15BrN2O2. The molecule has 1 unspecified atom stereocenters. The second-order valence-electron chi connectivity index (χ2n) is 4.14. The summed E-state index contributed by atoms with van der Waals surface area (Å²) < 4.78 is 5.96. The van der Waals surface area contributed by atoms with Crippen LogP contribution in [0.15, 0.2) is 22.9 Å². The number of ether oxygens (including phenoxy) is 1. The molecule has 1 N–H and O–H groups in total. The van der Waals surface area contributed by atoms with Crippen LogP contribution in [-0.4, -0.2) is 30.6 Å². The van der Waals surface area contributed by atoms with Crippen molar-refractivity contribution in [2.45, 2.75) is 12.8 Å². The van der Waals surface area contributed by atoms with Crippen LogP contribution in [0.4, 0.5) is 0 Å². The summed E-state index contributed by atoms with van der Waals surface area (Å²) in [5, 5.41) is 2.91. The lowest BCUT2D eigenvalue weighted by atomic mass is 10.1. The van der Waals surface area contributed by atoms with Crippen LogP contribution in [0.2, 0.25) is 0 Å². The van der Waals surface area contributed by atoms with Gasteiger partial charge in [0.1, 0.15) is 4.60 Å². The van der Waals surface area contributed by atoms with Crippen LogP contribution in [0.1, 0.15) is 23.2 Å². The van der Waals surface area contributed by atoms with Gasteiger partial charge < -0.3 is 10.1 Å². The SMILES string of the molecule is O=C(NCCC1CCOC1)c1ccnc(Br)c1. The number of rotatable bonds is 4. The molecule has 1 fully saturated rings. The normalized spacial score (nSPS) is 19.2. The average Bonchev–Trinajstić information content (AvgIpc) is 2.82. The van der Waals surface area contributed by atoms with E-state index in [1.807, 2.05) is 0 Å². The lowest BCUT2D eigenvalue weighted by Crippen LogP contribution is -2.26. The van der Waals surface area contributed by atoms with Crippen LogP contribution in [-0.2, 0) is 4.74 Å². The fourth-order valence-corrected chi connectivity index (χ4v) is 2.21. The number of aromatic nitrogens is 1. The largest absolute Gasteiger partial charge is 0.381 e. The molecule has 0 radical (unpaired) electrons. The third-order valence-electron chi connectivity index (χ3n) is 2.85. The highest BCUT2D eigenvalue weighted by atomic mass is 79.9. The van der Waals surface area contributed by atoms with Gasteiger partial charge in [-0.3, -0.25) is 4.79 Å². The summed E-state index contributed by atoms with van der Waals surface area (Å²) in [6, 6.07) is 3.42. The predicted octanol–water partition coefficient (Wildman–Crippen LogP) is 2.00. The first-order chi connectivity index (χ1) is 8.25. The van der Waals surface area contributed by atoms with Crippen molar-refractivity contribution in [3.63, 3.8) is 0 Å². The summed E-state index contributed by atoms with van der Waals surface area (Å²) in [6.45, 7) is 2.39. The molecule has 1 aromatic rings. The van der Waals surface area contributed by atoms with Gasteiger partial charge in [0.25, 0.3) is 5.91 Å². The minimum absolute atomic E-state index is 0.0491. The topological polar surface area (TPSA) is 51.2 Å². The first kappa shape index (κ1) is 12.5. The molecule has 2 heterocycles. The monoisotopic (exact) mass is 298 g/mol. The van der Waals surface area contributed by atoms with Gasteiger partial charge in [-0.25, -0.2) is 4.98 Å². The zero-order chi connectivity index (χ0) is 12.1. The number of pyridine rings is 1. The molecule has 92 valence electrons. The van der Waals surface area contributed by atoms with E-state index >= 15 is 0 Å². The molecule has 0 aromatic carbocycles. The molecular weight excluding hydrogens is 284 g/mol. The predicted molar refractivity (Wildman–Crippen MR) is 67.8 cm³/mol. The molecule has 0 aliphatic carbocycles. The van der Waals surface area contributed by atoms with Gasteiger partial charge in [0.05, 0.1) is 0 Å². The molecule has 17 heavy (non-hydrogen) atoms. The van der Waals surface area contributed by atoms with Crippen LogP contribution in [0.3, 0.4) is 0 Å². The Morgan fingerprint density at radius 1 is 1.65 bits per heavy atom. The van der Waals surface area contributed by atoms with Crippen LogP contribution in [0.25, 0.3) is 0 Å². The number of hydrogen-bond acceptors (Lipinski definition) is 3. The summed E-state index contributed by atoms with van der Waals surface area (Å²) >= 11 is 3.24. The van der Waals surface area contributed by atoms with E-state index in [0.717, 1.165) is 26.1 Å². The maximum Gasteiger partial charge on any atom is 0.251 e. The quantitative estimate of drug-likeness (QED) is 0.865. The Labute approximate surface area is 109 Å². The summed E-state index contributed by atoms with van der Waals surface area (Å²) in [4.78, 5) is 15.8. The second-order valence-corrected chi connectivity index (χ2v) is 4.95. The van der Waals surface area contributed by atoms with Crippen molar-refractivity contribution in [2.75, 3.05) is 19.8 Å². The van der Waals surface area contributed by atoms with E-state index in [9.17, 15) is 4.79 Å². The van der Waals surface area contributed by atoms with Crippen molar-refractivity contribution in [3.8, 4) is 0 Å². The molecule has 0 bridgehead atoms. The number of hydrogen-bond donors (Lipinski definition) is 1. The molecule has 0 spiro atoms. The van der Waals surface area contributed by atoms with Crippen LogP contribution >= 0.6 is 15.9 Å². The maximum atomic E-state index is 11.8. The Kier molecular flexibility index (Phi) is 4.50. The van der Waals surface area contributed by atoms with E-state index in [2.05, 4.69) is 26.2 Å². The summed E-state index contributed by atoms with van der Waals surface area (Å²) in [5.41, 5.74) is 0.634. The van der Waals surface area contributed by atoms with Crippen molar-refractivity contribution >= 4 is 21.8 Å². The van der Waals surface area contributed by atoms with Crippen molar-refractivity contribution in [1.29, 1.82) is 0 Å². The van der Waals surface area contributed by atoms with Crippen molar-refractivity contribution < 1.29 is 9.53 Å². The highest BCUT2D eigenvalue weighted by Gasteiger charge is 2.15. The number of halogens is 1. The summed E-state index contributed by atoms with van der Waals surface area (Å²) in [6.07, 6.45) is 3.71. The zero-order valence-electron chi connectivity index (χ0n) is 9.49. The van der Waals surface area contributed by atoms with Gasteiger partial charge in [0.2, 0.25) is 0 Å². The lowest BCUT2D eigenvalue weighted by molar-refractivity contribution is 0.0950. The van der Waals surface area contributed by atoms with E-state index in [-0.39, 0.29) is 5.91 Å². The van der Waals surface area contributed by atoms with Gasteiger partial charge >= 0.3 is 0 Å². The molecule has 4 nitrogen and oxygen atoms in total. The highest BCUT2D eigenvalue weighted by Crippen LogP contribution is 2.15. The van der Waals surface area contributed by atoms with Gasteiger partial charge in [-0.15, -0.1) is 0 Å². The van der Waals surface area contributed by atoms with E-state index in [4.69, 9.17) is 4.74 Å². The van der Waals surface area contributed by atoms with Gasteiger partial charge in [-0.1, -0.05) is 0 Å². The molecule has 1 amide bonds. The highest BCUT2D eigenvalue weighted by molar-refractivity contribution is 9.10. The Balaban J connectivity index is 1.77. The number of amides is 1.